The lowest BCUT2D eigenvalue weighted by atomic mass is 9.97. The first kappa shape index (κ1) is 24.2. The van der Waals surface area contributed by atoms with Crippen molar-refractivity contribution < 1.29 is 19.4 Å². The van der Waals surface area contributed by atoms with Gasteiger partial charge in [-0.3, -0.25) is 14.7 Å². The number of hydrogen-bond donors (Lipinski definition) is 3. The number of hydrogen-bond acceptors (Lipinski definition) is 9. The second-order valence-electron chi connectivity index (χ2n) is 9.47. The summed E-state index contributed by atoms with van der Waals surface area (Å²) in [6, 6.07) is 3.35. The van der Waals surface area contributed by atoms with Gasteiger partial charge in [0.05, 0.1) is 18.0 Å². The molecular weight excluding hydrogens is 491 g/mol. The summed E-state index contributed by atoms with van der Waals surface area (Å²) in [5.74, 6) is -0.159. The van der Waals surface area contributed by atoms with Crippen LogP contribution >= 0.6 is 0 Å². The van der Waals surface area contributed by atoms with Crippen LogP contribution in [0.5, 0.6) is 0 Å². The minimum atomic E-state index is -1.06. The summed E-state index contributed by atoms with van der Waals surface area (Å²) < 4.78 is 17.2. The molecule has 1 aliphatic carbocycles. The SMILES string of the molecule is CN1N=C(c2ccnc(N3CCn4c5c(c(F)c4C3=O)CCCC5)c2CO)C=C(Nc2ccncn2)C1O. The van der Waals surface area contributed by atoms with E-state index < -0.39 is 24.6 Å². The zero-order valence-corrected chi connectivity index (χ0v) is 20.8. The summed E-state index contributed by atoms with van der Waals surface area (Å²) in [5.41, 5.74) is 3.41. The van der Waals surface area contributed by atoms with Gasteiger partial charge in [-0.15, -0.1) is 0 Å². The molecule has 3 aromatic heterocycles. The first-order chi connectivity index (χ1) is 18.5. The Morgan fingerprint density at radius 3 is 2.79 bits per heavy atom. The van der Waals surface area contributed by atoms with Gasteiger partial charge in [0.25, 0.3) is 5.91 Å². The van der Waals surface area contributed by atoms with Crippen molar-refractivity contribution in [3.05, 3.63) is 76.5 Å². The van der Waals surface area contributed by atoms with Gasteiger partial charge >= 0.3 is 0 Å². The summed E-state index contributed by atoms with van der Waals surface area (Å²) in [7, 11) is 1.62. The molecule has 0 spiro atoms. The molecule has 3 N–H and O–H groups in total. The lowest BCUT2D eigenvalue weighted by Gasteiger charge is -2.31. The molecule has 2 aliphatic heterocycles. The van der Waals surface area contributed by atoms with E-state index >= 15 is 4.39 Å². The van der Waals surface area contributed by atoms with Gasteiger partial charge in [-0.05, 0) is 43.9 Å². The van der Waals surface area contributed by atoms with Crippen LogP contribution in [-0.2, 0) is 26.0 Å². The first-order valence-corrected chi connectivity index (χ1v) is 12.5. The highest BCUT2D eigenvalue weighted by Gasteiger charge is 2.36. The number of aliphatic hydroxyl groups is 2. The molecule has 196 valence electrons. The van der Waals surface area contributed by atoms with Gasteiger partial charge in [0.2, 0.25) is 0 Å². The molecule has 0 radical (unpaired) electrons. The number of hydrazone groups is 1. The minimum Gasteiger partial charge on any atom is -0.392 e. The molecule has 1 atom stereocenters. The van der Waals surface area contributed by atoms with Crippen LogP contribution in [0.1, 0.15) is 45.7 Å². The van der Waals surface area contributed by atoms with Gasteiger partial charge in [-0.1, -0.05) is 0 Å². The van der Waals surface area contributed by atoms with Crippen LogP contribution in [0, 0.1) is 5.82 Å². The number of carbonyl (C=O) groups is 1. The van der Waals surface area contributed by atoms with E-state index in [1.54, 1.807) is 31.5 Å². The number of amides is 1. The topological polar surface area (TPSA) is 132 Å². The van der Waals surface area contributed by atoms with Crippen LogP contribution < -0.4 is 10.2 Å². The summed E-state index contributed by atoms with van der Waals surface area (Å²) >= 11 is 0. The number of rotatable bonds is 5. The summed E-state index contributed by atoms with van der Waals surface area (Å²) in [6.45, 7) is 0.334. The number of anilines is 2. The minimum absolute atomic E-state index is 0.0633. The Morgan fingerprint density at radius 1 is 1.16 bits per heavy atom. The number of nitrogens with one attached hydrogen (secondary N) is 1. The Kier molecular flexibility index (Phi) is 6.12. The number of pyridine rings is 1. The van der Waals surface area contributed by atoms with E-state index in [-0.39, 0.29) is 11.5 Å². The highest BCUT2D eigenvalue weighted by Crippen LogP contribution is 2.34. The van der Waals surface area contributed by atoms with Crippen molar-refractivity contribution in [2.24, 2.45) is 5.10 Å². The maximum atomic E-state index is 15.4. The molecule has 11 nitrogen and oxygen atoms in total. The zero-order valence-electron chi connectivity index (χ0n) is 20.8. The lowest BCUT2D eigenvalue weighted by Crippen LogP contribution is -2.42. The van der Waals surface area contributed by atoms with Crippen LogP contribution in [-0.4, -0.2) is 66.2 Å². The van der Waals surface area contributed by atoms with Crippen molar-refractivity contribution in [3.63, 3.8) is 0 Å². The second-order valence-corrected chi connectivity index (χ2v) is 9.47. The molecule has 6 rings (SSSR count). The van der Waals surface area contributed by atoms with Gasteiger partial charge in [0.15, 0.2) is 12.0 Å². The Morgan fingerprint density at radius 2 is 2.00 bits per heavy atom. The molecular formula is C26H27FN8O3. The third-order valence-electron chi connectivity index (χ3n) is 7.27. The number of aromatic nitrogens is 4. The Balaban J connectivity index is 1.38. The number of halogens is 1. The standard InChI is InChI=1S/C26H27FN8O3/c1-33-25(37)19(31-21-7-8-28-14-30-21)12-18(32-33)15-6-9-29-24(17(15)13-36)35-11-10-34-20-5-3-2-4-16(20)22(27)23(34)26(35)38/h6-9,12,14,25,36-37H,2-5,10-11,13H2,1H3,(H,28,30,31). The predicted molar refractivity (Wildman–Crippen MR) is 137 cm³/mol. The number of allylic oxidation sites excluding steroid dienone is 1. The van der Waals surface area contributed by atoms with Crippen molar-refractivity contribution in [1.29, 1.82) is 0 Å². The second kappa shape index (κ2) is 9.62. The van der Waals surface area contributed by atoms with E-state index in [2.05, 4.69) is 25.4 Å². The van der Waals surface area contributed by atoms with E-state index in [9.17, 15) is 15.0 Å². The maximum absolute atomic E-state index is 15.4. The third kappa shape index (κ3) is 3.92. The number of nitrogens with zero attached hydrogens (tertiary/aromatic N) is 7. The number of aliphatic hydroxyl groups excluding tert-OH is 2. The Hall–Kier alpha value is -4.16. The molecule has 1 amide bonds. The summed E-state index contributed by atoms with van der Waals surface area (Å²) in [5, 5.41) is 30.0. The van der Waals surface area contributed by atoms with Crippen molar-refractivity contribution in [3.8, 4) is 0 Å². The molecule has 1 unspecified atom stereocenters. The van der Waals surface area contributed by atoms with Crippen molar-refractivity contribution in [1.82, 2.24) is 24.5 Å². The average molecular weight is 519 g/mol. The molecule has 0 bridgehead atoms. The van der Waals surface area contributed by atoms with E-state index in [0.717, 1.165) is 25.0 Å². The number of likely N-dealkylation sites (N-methyl/N-ethyl adjacent to an activating group) is 1. The van der Waals surface area contributed by atoms with Gasteiger partial charge in [0, 0.05) is 54.9 Å². The molecule has 0 saturated carbocycles. The van der Waals surface area contributed by atoms with Crippen molar-refractivity contribution in [2.45, 2.75) is 45.1 Å². The molecule has 38 heavy (non-hydrogen) atoms. The van der Waals surface area contributed by atoms with Crippen LogP contribution in [0.15, 0.2) is 47.7 Å². The molecule has 3 aromatic rings. The Bertz CT molecular complexity index is 1470. The monoisotopic (exact) mass is 518 g/mol. The van der Waals surface area contributed by atoms with Crippen LogP contribution in [0.25, 0.3) is 0 Å². The van der Waals surface area contributed by atoms with E-state index in [1.165, 1.54) is 22.4 Å². The molecule has 0 fully saturated rings. The van der Waals surface area contributed by atoms with Crippen molar-refractivity contribution >= 4 is 23.3 Å². The fourth-order valence-corrected chi connectivity index (χ4v) is 5.44. The van der Waals surface area contributed by atoms with Gasteiger partial charge < -0.3 is 20.1 Å². The quantitative estimate of drug-likeness (QED) is 0.466. The van der Waals surface area contributed by atoms with E-state index in [0.29, 0.717) is 53.4 Å². The van der Waals surface area contributed by atoms with Crippen molar-refractivity contribution in [2.75, 3.05) is 23.8 Å². The molecule has 0 aromatic carbocycles. The van der Waals surface area contributed by atoms with Gasteiger partial charge in [-0.25, -0.2) is 19.3 Å². The smallest absolute Gasteiger partial charge is 0.279 e. The van der Waals surface area contributed by atoms with Crippen LogP contribution in [0.3, 0.4) is 0 Å². The van der Waals surface area contributed by atoms with Crippen LogP contribution in [0.4, 0.5) is 16.0 Å². The number of fused-ring (bicyclic) bond motifs is 3. The number of carbonyl (C=O) groups excluding carboxylic acids is 1. The highest BCUT2D eigenvalue weighted by atomic mass is 19.1. The fraction of sp³-hybridized carbons (Fsp3) is 0.346. The molecule has 5 heterocycles. The normalized spacial score (nSPS) is 19.1. The third-order valence-corrected chi connectivity index (χ3v) is 7.27. The van der Waals surface area contributed by atoms with Crippen LogP contribution in [0.2, 0.25) is 0 Å². The van der Waals surface area contributed by atoms with E-state index in [4.69, 9.17) is 0 Å². The summed E-state index contributed by atoms with van der Waals surface area (Å²) in [4.78, 5) is 27.5. The summed E-state index contributed by atoms with van der Waals surface area (Å²) in [6.07, 6.45) is 8.41. The highest BCUT2D eigenvalue weighted by molar-refractivity contribution is 6.12. The van der Waals surface area contributed by atoms with Gasteiger partial charge in [-0.2, -0.15) is 5.10 Å². The molecule has 3 aliphatic rings. The predicted octanol–water partition coefficient (Wildman–Crippen LogP) is 1.81. The first-order valence-electron chi connectivity index (χ1n) is 12.5. The van der Waals surface area contributed by atoms with E-state index in [1.807, 2.05) is 4.57 Å². The fourth-order valence-electron chi connectivity index (χ4n) is 5.44. The molecule has 12 heteroatoms. The van der Waals surface area contributed by atoms with Gasteiger partial charge in [0.1, 0.15) is 23.7 Å². The average Bonchev–Trinajstić information content (AvgIpc) is 3.24. The Labute approximate surface area is 218 Å². The zero-order chi connectivity index (χ0) is 26.4. The molecule has 0 saturated heterocycles. The maximum Gasteiger partial charge on any atom is 0.279 e. The lowest BCUT2D eigenvalue weighted by molar-refractivity contribution is 0.0541. The largest absolute Gasteiger partial charge is 0.392 e.